The molecule has 6 nitrogen and oxygen atoms in total. The van der Waals surface area contributed by atoms with Gasteiger partial charge >= 0.3 is 0 Å². The van der Waals surface area contributed by atoms with Crippen molar-refractivity contribution in [1.29, 1.82) is 0 Å². The molecule has 2 aromatic carbocycles. The van der Waals surface area contributed by atoms with E-state index in [2.05, 4.69) is 9.21 Å². The van der Waals surface area contributed by atoms with Crippen LogP contribution in [0, 0.1) is 5.82 Å². The third-order valence-electron chi connectivity index (χ3n) is 5.23. The molecule has 4 N–H and O–H groups in total. The number of para-hydroxylation sites is 1. The highest BCUT2D eigenvalue weighted by molar-refractivity contribution is 8.01. The van der Waals surface area contributed by atoms with Crippen molar-refractivity contribution < 1.29 is 14.3 Å². The van der Waals surface area contributed by atoms with E-state index in [4.69, 9.17) is 5.84 Å². The highest BCUT2D eigenvalue weighted by Gasteiger charge is 2.26. The normalized spacial score (nSPS) is 15.6. The van der Waals surface area contributed by atoms with Crippen molar-refractivity contribution in [2.75, 3.05) is 23.9 Å². The number of rotatable bonds is 8. The van der Waals surface area contributed by atoms with Crippen LogP contribution < -0.4 is 15.6 Å². The van der Waals surface area contributed by atoms with Crippen LogP contribution in [0.1, 0.15) is 42.6 Å². The first-order valence-electron chi connectivity index (χ1n) is 10.5. The Morgan fingerprint density at radius 1 is 1.26 bits per heavy atom. The Balaban J connectivity index is 1.70. The number of hydrazine groups is 1. The van der Waals surface area contributed by atoms with E-state index in [1.165, 1.54) is 6.07 Å². The van der Waals surface area contributed by atoms with Crippen molar-refractivity contribution in [2.45, 2.75) is 44.1 Å². The number of piperidine rings is 1. The summed E-state index contributed by atoms with van der Waals surface area (Å²) in [7, 11) is 0. The molecule has 0 aliphatic carbocycles. The van der Waals surface area contributed by atoms with E-state index in [-0.39, 0.29) is 5.56 Å². The van der Waals surface area contributed by atoms with E-state index in [1.807, 2.05) is 49.6 Å². The zero-order valence-electron chi connectivity index (χ0n) is 18.1. The Morgan fingerprint density at radius 3 is 2.52 bits per heavy atom. The number of carbonyl (C=O) groups excluding carboxylic acids is 1. The molecule has 1 fully saturated rings. The molecular weight excluding hydrogens is 415 g/mol. The zero-order chi connectivity index (χ0) is 22.4. The van der Waals surface area contributed by atoms with Crippen LogP contribution in [-0.2, 0) is 6.54 Å². The van der Waals surface area contributed by atoms with Crippen LogP contribution in [-0.4, -0.2) is 46.4 Å². The fourth-order valence-corrected chi connectivity index (χ4v) is 4.98. The Kier molecular flexibility index (Phi) is 7.94. The Labute approximate surface area is 187 Å². The molecule has 1 aliphatic rings. The maximum atomic E-state index is 14.7. The molecule has 0 aromatic heterocycles. The van der Waals surface area contributed by atoms with E-state index >= 15 is 0 Å². The molecule has 0 bridgehead atoms. The highest BCUT2D eigenvalue weighted by atomic mass is 32.2. The second kappa shape index (κ2) is 10.5. The lowest BCUT2D eigenvalue weighted by Crippen LogP contribution is -2.43. The summed E-state index contributed by atoms with van der Waals surface area (Å²) >= 11 is 1.74. The number of hydrogen-bond donors (Lipinski definition) is 3. The van der Waals surface area contributed by atoms with Gasteiger partial charge in [-0.3, -0.25) is 10.2 Å². The van der Waals surface area contributed by atoms with Crippen molar-refractivity contribution in [3.05, 3.63) is 65.5 Å². The van der Waals surface area contributed by atoms with Crippen LogP contribution in [0.25, 0.3) is 0 Å². The Hall–Kier alpha value is -2.13. The van der Waals surface area contributed by atoms with Gasteiger partial charge in [0.25, 0.3) is 5.91 Å². The first-order chi connectivity index (χ1) is 14.7. The Morgan fingerprint density at radius 2 is 1.94 bits per heavy atom. The van der Waals surface area contributed by atoms with Gasteiger partial charge in [0.15, 0.2) is 0 Å². The Bertz CT molecular complexity index is 868. The summed E-state index contributed by atoms with van der Waals surface area (Å²) in [6, 6.07) is 14.4. The smallest absolute Gasteiger partial charge is 0.265 e. The van der Waals surface area contributed by atoms with Gasteiger partial charge in [0.05, 0.1) is 12.1 Å². The fourth-order valence-electron chi connectivity index (χ4n) is 3.74. The molecule has 31 heavy (non-hydrogen) atoms. The maximum absolute atomic E-state index is 14.7. The van der Waals surface area contributed by atoms with Gasteiger partial charge in [-0.2, -0.15) is 0 Å². The minimum Gasteiger partial charge on any atom is -0.389 e. The maximum Gasteiger partial charge on any atom is 0.265 e. The van der Waals surface area contributed by atoms with Crippen LogP contribution in [0.2, 0.25) is 0 Å². The van der Waals surface area contributed by atoms with Crippen LogP contribution in [0.15, 0.2) is 48.5 Å². The predicted octanol–water partition coefficient (Wildman–Crippen LogP) is 3.32. The lowest BCUT2D eigenvalue weighted by molar-refractivity contribution is 0.0307. The average Bonchev–Trinajstić information content (AvgIpc) is 2.74. The summed E-state index contributed by atoms with van der Waals surface area (Å²) in [5.41, 5.74) is 3.06. The molecule has 0 atom stereocenters. The van der Waals surface area contributed by atoms with Crippen molar-refractivity contribution in [3.8, 4) is 0 Å². The topological polar surface area (TPSA) is 81.8 Å². The summed E-state index contributed by atoms with van der Waals surface area (Å²) in [6.45, 7) is 6.59. The number of likely N-dealkylation sites (tertiary alicyclic amines) is 1. The lowest BCUT2D eigenvalue weighted by Gasteiger charge is -2.37. The molecule has 0 spiro atoms. The van der Waals surface area contributed by atoms with E-state index in [9.17, 15) is 14.3 Å². The summed E-state index contributed by atoms with van der Waals surface area (Å²) in [6.07, 6.45) is 2.00. The van der Waals surface area contributed by atoms with E-state index in [1.54, 1.807) is 24.1 Å². The number of amides is 1. The number of halogens is 1. The highest BCUT2D eigenvalue weighted by Crippen LogP contribution is 2.33. The standard InChI is InChI=1S/C23H31FN4O2S/c1-23(2,30)16-27-12-10-20(11-13-27)31-28(19-6-4-3-5-7-19)15-18-9-8-17(14-21(18)24)22(29)26-25/h3-9,14,20,30H,10-13,15-16,25H2,1-2H3,(H,26,29). The van der Waals surface area contributed by atoms with Gasteiger partial charge in [0.2, 0.25) is 0 Å². The summed E-state index contributed by atoms with van der Waals surface area (Å²) < 4.78 is 16.8. The molecule has 1 saturated heterocycles. The number of nitrogens with two attached hydrogens (primary N) is 1. The number of carbonyl (C=O) groups is 1. The van der Waals surface area contributed by atoms with Crippen LogP contribution in [0.5, 0.6) is 0 Å². The number of aliphatic hydroxyl groups is 1. The molecular formula is C23H31FN4O2S. The van der Waals surface area contributed by atoms with Crippen LogP contribution in [0.3, 0.4) is 0 Å². The summed E-state index contributed by atoms with van der Waals surface area (Å²) in [5, 5.41) is 10.5. The van der Waals surface area contributed by atoms with Gasteiger partial charge in [-0.1, -0.05) is 24.3 Å². The largest absolute Gasteiger partial charge is 0.389 e. The second-order valence-corrected chi connectivity index (χ2v) is 9.86. The third-order valence-corrected chi connectivity index (χ3v) is 6.59. The van der Waals surface area contributed by atoms with Gasteiger partial charge in [-0.25, -0.2) is 10.2 Å². The SMILES string of the molecule is CC(C)(O)CN1CCC(SN(Cc2ccc(C(=O)NN)cc2F)c2ccccc2)CC1. The quantitative estimate of drug-likeness (QED) is 0.250. The zero-order valence-corrected chi connectivity index (χ0v) is 18.9. The molecule has 1 aliphatic heterocycles. The molecule has 8 heteroatoms. The van der Waals surface area contributed by atoms with Crippen molar-refractivity contribution in [3.63, 3.8) is 0 Å². The van der Waals surface area contributed by atoms with Crippen molar-refractivity contribution in [2.24, 2.45) is 5.84 Å². The van der Waals surface area contributed by atoms with E-state index < -0.39 is 17.3 Å². The monoisotopic (exact) mass is 446 g/mol. The minimum atomic E-state index is -0.694. The van der Waals surface area contributed by atoms with Gasteiger partial charge in [0.1, 0.15) is 5.82 Å². The first-order valence-corrected chi connectivity index (χ1v) is 11.3. The van der Waals surface area contributed by atoms with Crippen LogP contribution in [0.4, 0.5) is 10.1 Å². The third kappa shape index (κ3) is 6.93. The van der Waals surface area contributed by atoms with Crippen molar-refractivity contribution in [1.82, 2.24) is 10.3 Å². The predicted molar refractivity (Wildman–Crippen MR) is 124 cm³/mol. The van der Waals surface area contributed by atoms with Gasteiger partial charge < -0.3 is 14.3 Å². The number of benzene rings is 2. The summed E-state index contributed by atoms with van der Waals surface area (Å²) in [5.74, 6) is 4.20. The molecule has 168 valence electrons. The molecule has 1 amide bonds. The van der Waals surface area contributed by atoms with Crippen LogP contribution >= 0.6 is 11.9 Å². The molecule has 3 rings (SSSR count). The molecule has 1 heterocycles. The summed E-state index contributed by atoms with van der Waals surface area (Å²) in [4.78, 5) is 14.0. The van der Waals surface area contributed by atoms with Gasteiger partial charge in [-0.05, 0) is 76.0 Å². The number of anilines is 1. The number of nitrogen functional groups attached to an aromatic ring is 1. The van der Waals surface area contributed by atoms with Gasteiger partial charge in [0, 0.05) is 28.6 Å². The average molecular weight is 447 g/mol. The minimum absolute atomic E-state index is 0.196. The molecule has 0 saturated carbocycles. The van der Waals surface area contributed by atoms with E-state index in [0.717, 1.165) is 31.6 Å². The van der Waals surface area contributed by atoms with E-state index in [0.29, 0.717) is 23.9 Å². The second-order valence-electron chi connectivity index (χ2n) is 8.55. The lowest BCUT2D eigenvalue weighted by atomic mass is 10.1. The number of β-amino-alcohol motifs (C(OH)–C–C–N with tert-alkyl or cyclic N) is 1. The number of hydrogen-bond acceptors (Lipinski definition) is 6. The van der Waals surface area contributed by atoms with Gasteiger partial charge in [-0.15, -0.1) is 0 Å². The number of nitrogens with one attached hydrogen (secondary N) is 1. The number of nitrogens with zero attached hydrogens (tertiary/aromatic N) is 2. The molecule has 0 unspecified atom stereocenters. The molecule has 2 aromatic rings. The first kappa shape index (κ1) is 23.5. The molecule has 0 radical (unpaired) electrons. The fraction of sp³-hybridized carbons (Fsp3) is 0.435. The van der Waals surface area contributed by atoms with Crippen molar-refractivity contribution >= 4 is 23.5 Å².